The fourth-order valence-electron chi connectivity index (χ4n) is 4.19. The van der Waals surface area contributed by atoms with Gasteiger partial charge >= 0.3 is 0 Å². The Morgan fingerprint density at radius 3 is 2.44 bits per heavy atom. The third kappa shape index (κ3) is 3.93. The van der Waals surface area contributed by atoms with Gasteiger partial charge in [0, 0.05) is 35.3 Å². The number of pyridine rings is 1. The quantitative estimate of drug-likeness (QED) is 0.442. The number of hydrogen-bond acceptors (Lipinski definition) is 6. The number of morpholine rings is 1. The zero-order chi connectivity index (χ0) is 23.7. The predicted molar refractivity (Wildman–Crippen MR) is 120 cm³/mol. The number of nitrogens with zero attached hydrogens (tertiary/aromatic N) is 5. The molecule has 2 aromatic carbocycles. The Labute approximate surface area is 193 Å². The Morgan fingerprint density at radius 2 is 1.71 bits per heavy atom. The van der Waals surface area contributed by atoms with E-state index in [0.29, 0.717) is 29.8 Å². The van der Waals surface area contributed by atoms with Crippen LogP contribution in [0.4, 0.5) is 18.9 Å². The molecule has 1 aliphatic rings. The van der Waals surface area contributed by atoms with Crippen molar-refractivity contribution in [1.29, 1.82) is 5.26 Å². The van der Waals surface area contributed by atoms with Crippen LogP contribution in [-0.2, 0) is 4.74 Å². The lowest BCUT2D eigenvalue weighted by molar-refractivity contribution is 0.122. The third-order valence-corrected chi connectivity index (χ3v) is 5.88. The van der Waals surface area contributed by atoms with E-state index in [2.05, 4.69) is 19.9 Å². The van der Waals surface area contributed by atoms with Crippen molar-refractivity contribution in [3.63, 3.8) is 0 Å². The van der Waals surface area contributed by atoms with E-state index in [-0.39, 0.29) is 11.1 Å². The maximum Gasteiger partial charge on any atom is 0.149 e. The van der Waals surface area contributed by atoms with Crippen molar-refractivity contribution in [3.05, 3.63) is 83.7 Å². The summed E-state index contributed by atoms with van der Waals surface area (Å²) in [6, 6.07) is 11.5. The van der Waals surface area contributed by atoms with Gasteiger partial charge in [-0.3, -0.25) is 4.98 Å². The highest BCUT2D eigenvalue weighted by Crippen LogP contribution is 2.34. The van der Waals surface area contributed by atoms with Gasteiger partial charge in [0.05, 0.1) is 42.9 Å². The van der Waals surface area contributed by atoms with Gasteiger partial charge in [0.1, 0.15) is 29.7 Å². The minimum atomic E-state index is -1.29. The molecule has 0 bridgehead atoms. The molecule has 6 nitrogen and oxygen atoms in total. The van der Waals surface area contributed by atoms with Crippen molar-refractivity contribution in [2.45, 2.75) is 5.92 Å². The van der Waals surface area contributed by atoms with Crippen LogP contribution in [0, 0.1) is 28.8 Å². The summed E-state index contributed by atoms with van der Waals surface area (Å²) >= 11 is 0. The van der Waals surface area contributed by atoms with Gasteiger partial charge in [-0.15, -0.1) is 0 Å². The highest BCUT2D eigenvalue weighted by Gasteiger charge is 2.24. The number of fused-ring (bicyclic) bond motifs is 1. The lowest BCUT2D eigenvalue weighted by Gasteiger charge is -2.29. The molecule has 0 aliphatic carbocycles. The Kier molecular flexibility index (Phi) is 5.82. The number of nitriles is 1. The fraction of sp³-hybridized carbons (Fsp3) is 0.200. The smallest absolute Gasteiger partial charge is 0.149 e. The van der Waals surface area contributed by atoms with Crippen LogP contribution in [0.2, 0.25) is 0 Å². The summed E-state index contributed by atoms with van der Waals surface area (Å²) in [6.07, 6.45) is 3.03. The molecule has 9 heteroatoms. The molecular weight excluding hydrogens is 443 g/mol. The van der Waals surface area contributed by atoms with Crippen LogP contribution in [-0.4, -0.2) is 41.3 Å². The third-order valence-electron chi connectivity index (χ3n) is 5.88. The van der Waals surface area contributed by atoms with Crippen molar-refractivity contribution in [2.24, 2.45) is 0 Å². The minimum Gasteiger partial charge on any atom is -0.378 e. The van der Waals surface area contributed by atoms with Crippen molar-refractivity contribution >= 4 is 16.6 Å². The molecule has 4 aromatic rings. The van der Waals surface area contributed by atoms with Gasteiger partial charge in [-0.05, 0) is 35.9 Å². The predicted octanol–water partition coefficient (Wildman–Crippen LogP) is 4.60. The second kappa shape index (κ2) is 9.08. The normalized spacial score (nSPS) is 14.7. The van der Waals surface area contributed by atoms with E-state index in [1.807, 2.05) is 24.3 Å². The maximum absolute atomic E-state index is 15.0. The van der Waals surface area contributed by atoms with E-state index in [0.717, 1.165) is 31.2 Å². The van der Waals surface area contributed by atoms with Gasteiger partial charge in [-0.1, -0.05) is 6.07 Å². The fourth-order valence-corrected chi connectivity index (χ4v) is 4.19. The van der Waals surface area contributed by atoms with Gasteiger partial charge < -0.3 is 9.64 Å². The maximum atomic E-state index is 15.0. The van der Waals surface area contributed by atoms with Crippen LogP contribution in [0.5, 0.6) is 0 Å². The molecule has 1 unspecified atom stereocenters. The lowest BCUT2D eigenvalue weighted by Crippen LogP contribution is -2.36. The molecule has 3 heterocycles. The topological polar surface area (TPSA) is 74.9 Å². The van der Waals surface area contributed by atoms with Crippen molar-refractivity contribution in [1.82, 2.24) is 15.0 Å². The van der Waals surface area contributed by atoms with E-state index >= 15 is 0 Å². The zero-order valence-corrected chi connectivity index (χ0v) is 17.9. The molecule has 0 spiro atoms. The molecular formula is C25H18F3N5O. The molecule has 1 aliphatic heterocycles. The number of halogens is 3. The summed E-state index contributed by atoms with van der Waals surface area (Å²) in [7, 11) is 0. The van der Waals surface area contributed by atoms with Crippen LogP contribution in [0.1, 0.15) is 17.0 Å². The first-order valence-corrected chi connectivity index (χ1v) is 10.6. The first kappa shape index (κ1) is 21.8. The van der Waals surface area contributed by atoms with E-state index in [1.165, 1.54) is 24.5 Å². The Morgan fingerprint density at radius 1 is 0.941 bits per heavy atom. The van der Waals surface area contributed by atoms with Crippen molar-refractivity contribution in [2.75, 3.05) is 31.2 Å². The first-order valence-electron chi connectivity index (χ1n) is 10.6. The summed E-state index contributed by atoms with van der Waals surface area (Å²) in [6.45, 7) is 2.81. The Hall–Kier alpha value is -4.03. The van der Waals surface area contributed by atoms with E-state index in [1.54, 1.807) is 0 Å². The van der Waals surface area contributed by atoms with Gasteiger partial charge in [0.15, 0.2) is 0 Å². The molecule has 0 amide bonds. The number of benzene rings is 2. The molecule has 1 atom stereocenters. The largest absolute Gasteiger partial charge is 0.378 e. The number of anilines is 1. The molecule has 1 fully saturated rings. The number of hydrogen-bond donors (Lipinski definition) is 0. The average Bonchev–Trinajstić information content (AvgIpc) is 2.87. The summed E-state index contributed by atoms with van der Waals surface area (Å²) in [4.78, 5) is 14.3. The molecule has 1 saturated heterocycles. The van der Waals surface area contributed by atoms with Gasteiger partial charge in [-0.2, -0.15) is 5.26 Å². The zero-order valence-electron chi connectivity index (χ0n) is 17.9. The summed E-state index contributed by atoms with van der Waals surface area (Å²) in [5.74, 6) is -3.75. The number of ether oxygens (including phenoxy) is 1. The molecule has 0 saturated carbocycles. The van der Waals surface area contributed by atoms with Crippen molar-refractivity contribution in [3.8, 4) is 17.3 Å². The summed E-state index contributed by atoms with van der Waals surface area (Å²) in [5.41, 5.74) is 1.84. The summed E-state index contributed by atoms with van der Waals surface area (Å²) < 4.78 is 49.0. The monoisotopic (exact) mass is 461 g/mol. The molecule has 0 radical (unpaired) electrons. The molecule has 2 aromatic heterocycles. The van der Waals surface area contributed by atoms with Gasteiger partial charge in [0.2, 0.25) is 0 Å². The molecule has 5 rings (SSSR count). The standard InChI is InChI=1S/C25H18F3N5O/c26-20-4-1-15(19(11-29)24-21(27)12-30-13-22(24)28)9-18(20)25-17-3-2-16(10-23(17)31-14-32-25)33-5-7-34-8-6-33/h1-4,9-10,12-14,19H,5-8H2. The van der Waals surface area contributed by atoms with Gasteiger partial charge in [0.25, 0.3) is 0 Å². The second-order valence-corrected chi connectivity index (χ2v) is 7.84. The van der Waals surface area contributed by atoms with E-state index in [4.69, 9.17) is 4.74 Å². The lowest BCUT2D eigenvalue weighted by atomic mass is 9.90. The molecule has 34 heavy (non-hydrogen) atoms. The SMILES string of the molecule is N#CC(c1ccc(F)c(-c2ncnc3cc(N4CCOCC4)ccc23)c1)c1c(F)cncc1F. The Bertz CT molecular complexity index is 1400. The summed E-state index contributed by atoms with van der Waals surface area (Å²) in [5, 5.41) is 10.3. The highest BCUT2D eigenvalue weighted by molar-refractivity contribution is 5.94. The van der Waals surface area contributed by atoms with E-state index in [9.17, 15) is 18.4 Å². The van der Waals surface area contributed by atoms with Gasteiger partial charge in [-0.25, -0.2) is 23.1 Å². The van der Waals surface area contributed by atoms with Crippen LogP contribution >= 0.6 is 0 Å². The molecule has 0 N–H and O–H groups in total. The minimum absolute atomic E-state index is 0.110. The van der Waals surface area contributed by atoms with E-state index < -0.39 is 28.9 Å². The highest BCUT2D eigenvalue weighted by atomic mass is 19.1. The first-order chi connectivity index (χ1) is 16.6. The average molecular weight is 461 g/mol. The van der Waals surface area contributed by atoms with Crippen molar-refractivity contribution < 1.29 is 17.9 Å². The number of aromatic nitrogens is 3. The van der Waals surface area contributed by atoms with Crippen LogP contribution in [0.15, 0.2) is 55.1 Å². The Balaban J connectivity index is 1.60. The number of rotatable bonds is 4. The van der Waals surface area contributed by atoms with Crippen LogP contribution < -0.4 is 4.90 Å². The van der Waals surface area contributed by atoms with Crippen LogP contribution in [0.25, 0.3) is 22.2 Å². The van der Waals surface area contributed by atoms with Crippen LogP contribution in [0.3, 0.4) is 0 Å². The second-order valence-electron chi connectivity index (χ2n) is 7.84. The molecule has 170 valence electrons.